The van der Waals surface area contributed by atoms with Crippen molar-refractivity contribution >= 4 is 5.97 Å². The van der Waals surface area contributed by atoms with Crippen LogP contribution in [0.15, 0.2) is 48.5 Å². The van der Waals surface area contributed by atoms with Crippen molar-refractivity contribution in [3.63, 3.8) is 0 Å². The van der Waals surface area contributed by atoms with Crippen LogP contribution in [0.4, 0.5) is 0 Å². The lowest BCUT2D eigenvalue weighted by Crippen LogP contribution is -2.38. The summed E-state index contributed by atoms with van der Waals surface area (Å²) in [7, 11) is 2.85. The smallest absolute Gasteiger partial charge is 0.343 e. The molecule has 0 saturated carbocycles. The third-order valence-corrected chi connectivity index (χ3v) is 4.72. The van der Waals surface area contributed by atoms with E-state index in [4.69, 9.17) is 14.2 Å². The fraction of sp³-hybridized carbons (Fsp3) is 0.350. The third-order valence-electron chi connectivity index (χ3n) is 4.72. The summed E-state index contributed by atoms with van der Waals surface area (Å²) >= 11 is 0. The Kier molecular flexibility index (Phi) is 4.54. The quantitative estimate of drug-likeness (QED) is 0.866. The number of carbonyl (C=O) groups is 1. The molecule has 0 amide bonds. The second kappa shape index (κ2) is 6.50. The molecule has 3 rings (SSSR count). The van der Waals surface area contributed by atoms with E-state index < -0.39 is 17.2 Å². The lowest BCUT2D eigenvalue weighted by molar-refractivity contribution is -0.165. The summed E-state index contributed by atoms with van der Waals surface area (Å²) in [6.45, 7) is 1.91. The molecule has 1 N–H and O–H groups in total. The maximum atomic E-state index is 12.7. The van der Waals surface area contributed by atoms with Crippen molar-refractivity contribution in [2.75, 3.05) is 20.8 Å². The number of hydrogen-bond donors (Lipinski definition) is 1. The Bertz CT molecular complexity index is 773. The molecule has 1 aliphatic rings. The number of ether oxygens (including phenoxy) is 3. The van der Waals surface area contributed by atoms with Gasteiger partial charge in [0.25, 0.3) is 0 Å². The highest BCUT2D eigenvalue weighted by molar-refractivity contribution is 5.83. The van der Waals surface area contributed by atoms with Gasteiger partial charge in [-0.15, -0.1) is 0 Å². The highest BCUT2D eigenvalue weighted by atomic mass is 16.6. The van der Waals surface area contributed by atoms with Gasteiger partial charge >= 0.3 is 5.97 Å². The Labute approximate surface area is 147 Å². The summed E-state index contributed by atoms with van der Waals surface area (Å²) in [6, 6.07) is 14.7. The summed E-state index contributed by atoms with van der Waals surface area (Å²) in [5.74, 6) is -0.0310. The molecule has 5 heteroatoms. The van der Waals surface area contributed by atoms with Gasteiger partial charge in [0, 0.05) is 12.0 Å². The van der Waals surface area contributed by atoms with Crippen LogP contribution in [-0.2, 0) is 25.5 Å². The fourth-order valence-electron chi connectivity index (χ4n) is 3.41. The molecule has 0 spiro atoms. The first kappa shape index (κ1) is 17.5. The first-order valence-electron chi connectivity index (χ1n) is 8.10. The van der Waals surface area contributed by atoms with E-state index in [0.717, 1.165) is 5.56 Å². The molecule has 1 fully saturated rings. The number of benzene rings is 2. The number of aryl methyl sites for hydroxylation is 1. The largest absolute Gasteiger partial charge is 0.496 e. The number of hydrogen-bond acceptors (Lipinski definition) is 5. The highest BCUT2D eigenvalue weighted by Crippen LogP contribution is 2.49. The van der Waals surface area contributed by atoms with Gasteiger partial charge < -0.3 is 19.3 Å². The first-order chi connectivity index (χ1) is 11.9. The number of carbonyl (C=O) groups excluding carboxylic acids is 1. The zero-order chi connectivity index (χ0) is 18.1. The molecule has 1 aliphatic heterocycles. The van der Waals surface area contributed by atoms with Crippen molar-refractivity contribution in [1.82, 2.24) is 0 Å². The predicted molar refractivity (Wildman–Crippen MR) is 92.3 cm³/mol. The van der Waals surface area contributed by atoms with Crippen molar-refractivity contribution in [3.8, 4) is 5.75 Å². The SMILES string of the molecule is COC(=O)[C@]1(c2cc(C)ccc2OC)C[C@@](O)(c2ccccc2)CO1. The molecule has 0 unspecified atom stereocenters. The maximum absolute atomic E-state index is 12.7. The normalized spacial score (nSPS) is 25.6. The van der Waals surface area contributed by atoms with Crippen molar-refractivity contribution < 1.29 is 24.1 Å². The zero-order valence-corrected chi connectivity index (χ0v) is 14.6. The molecule has 1 saturated heterocycles. The average Bonchev–Trinajstić information content (AvgIpc) is 3.02. The minimum atomic E-state index is -1.42. The average molecular weight is 342 g/mol. The molecule has 0 radical (unpaired) electrons. The first-order valence-corrected chi connectivity index (χ1v) is 8.10. The van der Waals surface area contributed by atoms with E-state index in [1.807, 2.05) is 49.4 Å². The summed E-state index contributed by atoms with van der Waals surface area (Å²) in [5.41, 5.74) is -0.486. The molecule has 2 aromatic carbocycles. The molecule has 25 heavy (non-hydrogen) atoms. The lowest BCUT2D eigenvalue weighted by atomic mass is 9.81. The van der Waals surface area contributed by atoms with Crippen LogP contribution in [0.3, 0.4) is 0 Å². The Hall–Kier alpha value is -2.37. The minimum Gasteiger partial charge on any atom is -0.496 e. The van der Waals surface area contributed by atoms with Crippen molar-refractivity contribution in [2.24, 2.45) is 0 Å². The molecule has 132 valence electrons. The molecule has 0 aromatic heterocycles. The molecule has 5 nitrogen and oxygen atoms in total. The monoisotopic (exact) mass is 342 g/mol. The Morgan fingerprint density at radius 3 is 2.52 bits per heavy atom. The van der Waals surface area contributed by atoms with Crippen LogP contribution in [0.5, 0.6) is 5.75 Å². The van der Waals surface area contributed by atoms with Crippen molar-refractivity contribution in [2.45, 2.75) is 24.5 Å². The summed E-state index contributed by atoms with van der Waals surface area (Å²) in [4.78, 5) is 12.7. The van der Waals surface area contributed by atoms with E-state index in [1.165, 1.54) is 14.2 Å². The zero-order valence-electron chi connectivity index (χ0n) is 14.6. The van der Waals surface area contributed by atoms with Gasteiger partial charge in [0.05, 0.1) is 20.8 Å². The lowest BCUT2D eigenvalue weighted by Gasteiger charge is -2.29. The fourth-order valence-corrected chi connectivity index (χ4v) is 3.41. The van der Waals surface area contributed by atoms with E-state index in [9.17, 15) is 9.90 Å². The molecule has 0 bridgehead atoms. The second-order valence-electron chi connectivity index (χ2n) is 6.39. The minimum absolute atomic E-state index is 0.0107. The maximum Gasteiger partial charge on any atom is 0.343 e. The topological polar surface area (TPSA) is 65.0 Å². The predicted octanol–water partition coefficient (Wildman–Crippen LogP) is 2.68. The molecular weight excluding hydrogens is 320 g/mol. The molecule has 2 aromatic rings. The van der Waals surface area contributed by atoms with Crippen LogP contribution in [0.2, 0.25) is 0 Å². The van der Waals surface area contributed by atoms with Gasteiger partial charge in [0.2, 0.25) is 0 Å². The van der Waals surface area contributed by atoms with Crippen molar-refractivity contribution in [3.05, 3.63) is 65.2 Å². The van der Waals surface area contributed by atoms with Crippen LogP contribution in [0, 0.1) is 6.92 Å². The second-order valence-corrected chi connectivity index (χ2v) is 6.39. The number of esters is 1. The van der Waals surface area contributed by atoms with E-state index in [-0.39, 0.29) is 13.0 Å². The third kappa shape index (κ3) is 2.90. The van der Waals surface area contributed by atoms with Crippen LogP contribution in [0.25, 0.3) is 0 Å². The van der Waals surface area contributed by atoms with Gasteiger partial charge in [-0.25, -0.2) is 4.79 Å². The van der Waals surface area contributed by atoms with E-state index in [1.54, 1.807) is 6.07 Å². The molecular formula is C20H22O5. The van der Waals surface area contributed by atoms with Crippen molar-refractivity contribution in [1.29, 1.82) is 0 Å². The van der Waals surface area contributed by atoms with Gasteiger partial charge in [-0.05, 0) is 24.6 Å². The van der Waals surface area contributed by atoms with Crippen LogP contribution in [0.1, 0.15) is 23.1 Å². The summed E-state index contributed by atoms with van der Waals surface area (Å²) in [5, 5.41) is 11.2. The molecule has 0 aliphatic carbocycles. The summed E-state index contributed by atoms with van der Waals surface area (Å²) in [6.07, 6.45) is 0.0521. The Balaban J connectivity index is 2.12. The van der Waals surface area contributed by atoms with Gasteiger partial charge in [0.15, 0.2) is 5.60 Å². The van der Waals surface area contributed by atoms with E-state index in [2.05, 4.69) is 0 Å². The van der Waals surface area contributed by atoms with E-state index in [0.29, 0.717) is 16.9 Å². The standard InChI is InChI=1S/C20H22O5/c1-14-9-10-17(23-2)16(11-14)20(18(21)24-3)12-19(22,13-25-20)15-7-5-4-6-8-15/h4-11,22H,12-13H2,1-3H3/t19-,20+/m0/s1. The Morgan fingerprint density at radius 1 is 1.16 bits per heavy atom. The Morgan fingerprint density at radius 2 is 1.88 bits per heavy atom. The van der Waals surface area contributed by atoms with Gasteiger partial charge in [-0.1, -0.05) is 42.0 Å². The molecule has 2 atom stereocenters. The van der Waals surface area contributed by atoms with Crippen LogP contribution >= 0.6 is 0 Å². The highest BCUT2D eigenvalue weighted by Gasteiger charge is 2.57. The van der Waals surface area contributed by atoms with Crippen LogP contribution < -0.4 is 4.74 Å². The number of rotatable bonds is 4. The van der Waals surface area contributed by atoms with Gasteiger partial charge in [0.1, 0.15) is 11.4 Å². The molecule has 1 heterocycles. The van der Waals surface area contributed by atoms with Gasteiger partial charge in [-0.2, -0.15) is 0 Å². The number of methoxy groups -OCH3 is 2. The summed E-state index contributed by atoms with van der Waals surface area (Å²) < 4.78 is 16.4. The van der Waals surface area contributed by atoms with Gasteiger partial charge in [-0.3, -0.25) is 0 Å². The van der Waals surface area contributed by atoms with Crippen LogP contribution in [-0.4, -0.2) is 31.9 Å². The number of aliphatic hydroxyl groups is 1. The van der Waals surface area contributed by atoms with E-state index >= 15 is 0 Å².